The van der Waals surface area contributed by atoms with E-state index in [1.54, 1.807) is 6.07 Å². The molecule has 0 aliphatic rings. The van der Waals surface area contributed by atoms with Gasteiger partial charge in [-0.3, -0.25) is 4.98 Å². The second-order valence-corrected chi connectivity index (χ2v) is 4.50. The zero-order valence-corrected chi connectivity index (χ0v) is 10.7. The minimum absolute atomic E-state index is 0.198. The lowest BCUT2D eigenvalue weighted by Gasteiger charge is -2.08. The number of rotatable bonds is 2. The molecule has 1 heterocycles. The lowest BCUT2D eigenvalue weighted by Crippen LogP contribution is -1.91. The Kier molecular flexibility index (Phi) is 3.52. The fourth-order valence-corrected chi connectivity index (χ4v) is 2.10. The summed E-state index contributed by atoms with van der Waals surface area (Å²) in [5.41, 5.74) is 2.51. The molecule has 0 N–H and O–H groups in total. The molecule has 0 amide bonds. The average molecular weight is 298 g/mol. The Morgan fingerprint density at radius 2 is 2.00 bits per heavy atom. The highest BCUT2D eigenvalue weighted by molar-refractivity contribution is 9.10. The number of alkyl halides is 2. The van der Waals surface area contributed by atoms with Crippen LogP contribution in [0.3, 0.4) is 0 Å². The van der Waals surface area contributed by atoms with Crippen LogP contribution in [0.2, 0.25) is 0 Å². The Balaban J connectivity index is 2.53. The zero-order valence-electron chi connectivity index (χ0n) is 9.12. The van der Waals surface area contributed by atoms with E-state index in [9.17, 15) is 8.78 Å². The summed E-state index contributed by atoms with van der Waals surface area (Å²) in [7, 11) is 0. The van der Waals surface area contributed by atoms with Crippen molar-refractivity contribution in [1.82, 2.24) is 4.98 Å². The topological polar surface area (TPSA) is 12.9 Å². The maximum Gasteiger partial charge on any atom is 0.280 e. The second kappa shape index (κ2) is 4.92. The Bertz CT molecular complexity index is 541. The number of pyridine rings is 1. The van der Waals surface area contributed by atoms with Gasteiger partial charge in [0.25, 0.3) is 6.43 Å². The van der Waals surface area contributed by atoms with Crippen molar-refractivity contribution in [2.75, 3.05) is 0 Å². The highest BCUT2D eigenvalue weighted by atomic mass is 79.9. The first-order chi connectivity index (χ1) is 8.09. The fourth-order valence-electron chi connectivity index (χ4n) is 1.61. The Morgan fingerprint density at radius 1 is 1.24 bits per heavy atom. The number of hydrogen-bond donors (Lipinski definition) is 0. The average Bonchev–Trinajstić information content (AvgIpc) is 2.33. The molecule has 1 nitrogen and oxygen atoms in total. The Morgan fingerprint density at radius 3 is 2.71 bits per heavy atom. The number of aryl methyl sites for hydroxylation is 1. The van der Waals surface area contributed by atoms with Gasteiger partial charge in [0.2, 0.25) is 0 Å². The molecule has 0 fully saturated rings. The molecule has 0 aliphatic heterocycles. The van der Waals surface area contributed by atoms with Crippen molar-refractivity contribution in [1.29, 1.82) is 0 Å². The Hall–Kier alpha value is -1.29. The quantitative estimate of drug-likeness (QED) is 0.779. The molecular formula is C13H10BrF2N. The van der Waals surface area contributed by atoms with Gasteiger partial charge in [0.15, 0.2) is 0 Å². The van der Waals surface area contributed by atoms with Crippen LogP contribution in [0, 0.1) is 6.92 Å². The minimum Gasteiger partial charge on any atom is -0.255 e. The maximum atomic E-state index is 12.6. The second-order valence-electron chi connectivity index (χ2n) is 3.71. The largest absolute Gasteiger partial charge is 0.280 e. The van der Waals surface area contributed by atoms with Gasteiger partial charge in [0.1, 0.15) is 5.69 Å². The summed E-state index contributed by atoms with van der Waals surface area (Å²) in [4.78, 5) is 3.65. The van der Waals surface area contributed by atoms with Crippen molar-refractivity contribution in [2.24, 2.45) is 0 Å². The molecule has 2 aromatic rings. The zero-order chi connectivity index (χ0) is 12.4. The molecule has 0 saturated heterocycles. The van der Waals surface area contributed by atoms with Crippen LogP contribution in [0.15, 0.2) is 41.0 Å². The van der Waals surface area contributed by atoms with Crippen molar-refractivity contribution in [3.05, 3.63) is 52.3 Å². The molecule has 0 atom stereocenters. The third-order valence-corrected chi connectivity index (χ3v) is 3.56. The van der Waals surface area contributed by atoms with Gasteiger partial charge in [-0.25, -0.2) is 8.78 Å². The maximum absolute atomic E-state index is 12.6. The number of halogens is 3. The molecular weight excluding hydrogens is 288 g/mol. The van der Waals surface area contributed by atoms with Crippen LogP contribution >= 0.6 is 15.9 Å². The van der Waals surface area contributed by atoms with Gasteiger partial charge in [-0.2, -0.15) is 0 Å². The van der Waals surface area contributed by atoms with Crippen LogP contribution < -0.4 is 0 Å². The fraction of sp³-hybridized carbons (Fsp3) is 0.154. The molecule has 0 radical (unpaired) electrons. The van der Waals surface area contributed by atoms with Crippen molar-refractivity contribution in [2.45, 2.75) is 13.3 Å². The third kappa shape index (κ3) is 2.52. The molecule has 0 saturated carbocycles. The summed E-state index contributed by atoms with van der Waals surface area (Å²) < 4.78 is 26.1. The predicted octanol–water partition coefficient (Wildman–Crippen LogP) is 4.76. The number of aromatic nitrogens is 1. The van der Waals surface area contributed by atoms with E-state index < -0.39 is 6.43 Å². The highest BCUT2D eigenvalue weighted by Gasteiger charge is 2.11. The van der Waals surface area contributed by atoms with Crippen LogP contribution in [0.4, 0.5) is 8.78 Å². The van der Waals surface area contributed by atoms with Crippen LogP contribution in [0.25, 0.3) is 11.1 Å². The highest BCUT2D eigenvalue weighted by Crippen LogP contribution is 2.31. The minimum atomic E-state index is -2.54. The van der Waals surface area contributed by atoms with Gasteiger partial charge in [-0.1, -0.05) is 18.2 Å². The van der Waals surface area contributed by atoms with Crippen molar-refractivity contribution in [3.63, 3.8) is 0 Å². The SMILES string of the molecule is Cc1cccc(-c2ccnc(C(F)F)c2)c1Br. The van der Waals surface area contributed by atoms with Crippen LogP contribution in [0.5, 0.6) is 0 Å². The lowest BCUT2D eigenvalue weighted by molar-refractivity contribution is 0.146. The van der Waals surface area contributed by atoms with Gasteiger partial charge >= 0.3 is 0 Å². The lowest BCUT2D eigenvalue weighted by atomic mass is 10.0. The molecule has 0 bridgehead atoms. The van der Waals surface area contributed by atoms with Crippen molar-refractivity contribution >= 4 is 15.9 Å². The summed E-state index contributed by atoms with van der Waals surface area (Å²) in [6.07, 6.45) is -1.13. The van der Waals surface area contributed by atoms with Gasteiger partial charge in [0.05, 0.1) is 0 Å². The third-order valence-electron chi connectivity index (χ3n) is 2.51. The van der Waals surface area contributed by atoms with Crippen LogP contribution in [0.1, 0.15) is 17.7 Å². The van der Waals surface area contributed by atoms with E-state index in [1.807, 2.05) is 25.1 Å². The van der Waals surface area contributed by atoms with Gasteiger partial charge < -0.3 is 0 Å². The van der Waals surface area contributed by atoms with Crippen molar-refractivity contribution in [3.8, 4) is 11.1 Å². The molecule has 1 aromatic carbocycles. The van der Waals surface area contributed by atoms with Gasteiger partial charge in [-0.05, 0) is 51.7 Å². The molecule has 0 unspecified atom stereocenters. The normalized spacial score (nSPS) is 10.9. The first-order valence-corrected chi connectivity index (χ1v) is 5.88. The number of hydrogen-bond acceptors (Lipinski definition) is 1. The van der Waals surface area contributed by atoms with E-state index in [2.05, 4.69) is 20.9 Å². The molecule has 17 heavy (non-hydrogen) atoms. The number of nitrogens with zero attached hydrogens (tertiary/aromatic N) is 1. The summed E-state index contributed by atoms with van der Waals surface area (Å²) in [6, 6.07) is 8.90. The molecule has 88 valence electrons. The van der Waals surface area contributed by atoms with E-state index in [1.165, 1.54) is 12.3 Å². The van der Waals surface area contributed by atoms with Gasteiger partial charge in [0, 0.05) is 10.7 Å². The smallest absolute Gasteiger partial charge is 0.255 e. The predicted molar refractivity (Wildman–Crippen MR) is 67.1 cm³/mol. The summed E-state index contributed by atoms with van der Waals surface area (Å²) >= 11 is 3.47. The number of benzene rings is 1. The van der Waals surface area contributed by atoms with E-state index >= 15 is 0 Å². The standard InChI is InChI=1S/C13H10BrF2N/c1-8-3-2-4-10(12(8)14)9-5-6-17-11(7-9)13(15)16/h2-7,13H,1H3. The first-order valence-electron chi connectivity index (χ1n) is 5.09. The van der Waals surface area contributed by atoms with E-state index in [-0.39, 0.29) is 5.69 Å². The molecule has 1 aromatic heterocycles. The summed E-state index contributed by atoms with van der Waals surface area (Å²) in [6.45, 7) is 1.96. The molecule has 0 spiro atoms. The van der Waals surface area contributed by atoms with Gasteiger partial charge in [-0.15, -0.1) is 0 Å². The van der Waals surface area contributed by atoms with Crippen LogP contribution in [-0.2, 0) is 0 Å². The van der Waals surface area contributed by atoms with E-state index in [0.29, 0.717) is 0 Å². The summed E-state index contributed by atoms with van der Waals surface area (Å²) in [5.74, 6) is 0. The van der Waals surface area contributed by atoms with E-state index in [4.69, 9.17) is 0 Å². The molecule has 4 heteroatoms. The monoisotopic (exact) mass is 297 g/mol. The summed E-state index contributed by atoms with van der Waals surface area (Å²) in [5, 5.41) is 0. The molecule has 2 rings (SSSR count). The van der Waals surface area contributed by atoms with E-state index in [0.717, 1.165) is 21.2 Å². The molecule has 0 aliphatic carbocycles. The Labute approximate surface area is 107 Å². The van der Waals surface area contributed by atoms with Crippen molar-refractivity contribution < 1.29 is 8.78 Å². The van der Waals surface area contributed by atoms with Crippen LogP contribution in [-0.4, -0.2) is 4.98 Å². The first kappa shape index (κ1) is 12.2.